The van der Waals surface area contributed by atoms with Crippen LogP contribution in [0.4, 0.5) is 5.69 Å². The highest BCUT2D eigenvalue weighted by Crippen LogP contribution is 2.22. The Morgan fingerprint density at radius 3 is 2.85 bits per heavy atom. The average molecular weight is 329 g/mol. The number of anilines is 1. The first-order chi connectivity index (χ1) is 9.76. The number of hydrogen-bond donors (Lipinski definition) is 2. The van der Waals surface area contributed by atoms with Gasteiger partial charge in [0.25, 0.3) is 0 Å². The van der Waals surface area contributed by atoms with Gasteiger partial charge in [0.15, 0.2) is 0 Å². The van der Waals surface area contributed by atoms with Gasteiger partial charge in [-0.05, 0) is 59.3 Å². The molecule has 0 spiro atoms. The van der Waals surface area contributed by atoms with Gasteiger partial charge in [0.05, 0.1) is 0 Å². The number of halogens is 1. The Balaban J connectivity index is 1.78. The van der Waals surface area contributed by atoms with Gasteiger partial charge in [0.2, 0.25) is 0 Å². The van der Waals surface area contributed by atoms with E-state index in [0.717, 1.165) is 17.4 Å². The zero-order chi connectivity index (χ0) is 13.9. The predicted molar refractivity (Wildman–Crippen MR) is 89.1 cm³/mol. The van der Waals surface area contributed by atoms with Crippen LogP contribution in [0.1, 0.15) is 18.1 Å². The summed E-state index contributed by atoms with van der Waals surface area (Å²) in [5.41, 5.74) is 5.03. The van der Waals surface area contributed by atoms with Crippen molar-refractivity contribution in [2.24, 2.45) is 0 Å². The van der Waals surface area contributed by atoms with E-state index in [1.165, 1.54) is 27.7 Å². The smallest absolute Gasteiger partial charge is 0.0454 e. The van der Waals surface area contributed by atoms with Crippen molar-refractivity contribution in [1.82, 2.24) is 4.98 Å². The summed E-state index contributed by atoms with van der Waals surface area (Å²) < 4.78 is 1.13. The monoisotopic (exact) mass is 328 g/mol. The van der Waals surface area contributed by atoms with Gasteiger partial charge < -0.3 is 10.3 Å². The lowest BCUT2D eigenvalue weighted by Crippen LogP contribution is -2.02. The Hall–Kier alpha value is -1.74. The summed E-state index contributed by atoms with van der Waals surface area (Å²) in [6.07, 6.45) is 3.00. The van der Waals surface area contributed by atoms with Crippen LogP contribution in [-0.4, -0.2) is 4.98 Å². The third-order valence-electron chi connectivity index (χ3n) is 3.55. The van der Waals surface area contributed by atoms with Crippen LogP contribution in [0.3, 0.4) is 0 Å². The first-order valence-electron chi connectivity index (χ1n) is 6.84. The molecule has 3 heteroatoms. The van der Waals surface area contributed by atoms with Crippen molar-refractivity contribution >= 4 is 32.5 Å². The Kier molecular flexibility index (Phi) is 3.79. The standard InChI is InChI=1S/C17H17BrN2/c1-2-13-10-15(18)4-6-16(13)20-11-12-3-5-17-14(9-12)7-8-19-17/h3-10,19-20H,2,11H2,1H3. The molecule has 0 fully saturated rings. The molecule has 0 saturated carbocycles. The fraction of sp³-hybridized carbons (Fsp3) is 0.176. The quantitative estimate of drug-likeness (QED) is 0.684. The van der Waals surface area contributed by atoms with Crippen LogP contribution < -0.4 is 5.32 Å². The maximum atomic E-state index is 3.53. The molecule has 20 heavy (non-hydrogen) atoms. The van der Waals surface area contributed by atoms with Crippen LogP contribution in [0, 0.1) is 0 Å². The number of rotatable bonds is 4. The summed E-state index contributed by atoms with van der Waals surface area (Å²) in [6.45, 7) is 3.02. The molecule has 1 heterocycles. The molecule has 0 amide bonds. The van der Waals surface area contributed by atoms with E-state index in [-0.39, 0.29) is 0 Å². The molecule has 0 aliphatic rings. The molecule has 102 valence electrons. The van der Waals surface area contributed by atoms with Crippen LogP contribution in [0.25, 0.3) is 10.9 Å². The maximum Gasteiger partial charge on any atom is 0.0454 e. The number of hydrogen-bond acceptors (Lipinski definition) is 1. The van der Waals surface area contributed by atoms with E-state index in [4.69, 9.17) is 0 Å². The van der Waals surface area contributed by atoms with Gasteiger partial charge in [-0.3, -0.25) is 0 Å². The molecular weight excluding hydrogens is 312 g/mol. The van der Waals surface area contributed by atoms with Crippen molar-refractivity contribution in [1.29, 1.82) is 0 Å². The number of aryl methyl sites for hydroxylation is 1. The van der Waals surface area contributed by atoms with Crippen LogP contribution in [0.5, 0.6) is 0 Å². The lowest BCUT2D eigenvalue weighted by atomic mass is 10.1. The molecule has 2 aromatic carbocycles. The summed E-state index contributed by atoms with van der Waals surface area (Å²) in [6, 6.07) is 15.0. The highest BCUT2D eigenvalue weighted by Gasteiger charge is 2.02. The Morgan fingerprint density at radius 2 is 2.00 bits per heavy atom. The molecule has 0 aliphatic carbocycles. The first-order valence-corrected chi connectivity index (χ1v) is 7.64. The molecule has 0 unspecified atom stereocenters. The fourth-order valence-corrected chi connectivity index (χ4v) is 2.85. The highest BCUT2D eigenvalue weighted by atomic mass is 79.9. The number of nitrogens with one attached hydrogen (secondary N) is 2. The SMILES string of the molecule is CCc1cc(Br)ccc1NCc1ccc2[nH]ccc2c1. The second-order valence-electron chi connectivity index (χ2n) is 4.91. The third-order valence-corrected chi connectivity index (χ3v) is 4.04. The molecule has 0 saturated heterocycles. The molecule has 0 bridgehead atoms. The van der Waals surface area contributed by atoms with Crippen LogP contribution in [0.2, 0.25) is 0 Å². The van der Waals surface area contributed by atoms with Crippen molar-refractivity contribution in [2.45, 2.75) is 19.9 Å². The lowest BCUT2D eigenvalue weighted by Gasteiger charge is -2.11. The molecule has 2 nitrogen and oxygen atoms in total. The van der Waals surface area contributed by atoms with E-state index in [2.05, 4.69) is 75.6 Å². The van der Waals surface area contributed by atoms with Gasteiger partial charge in [-0.15, -0.1) is 0 Å². The van der Waals surface area contributed by atoms with Gasteiger partial charge in [-0.2, -0.15) is 0 Å². The minimum atomic E-state index is 0.843. The molecule has 3 aromatic rings. The van der Waals surface area contributed by atoms with Gasteiger partial charge in [0.1, 0.15) is 0 Å². The Bertz CT molecular complexity index is 731. The summed E-state index contributed by atoms with van der Waals surface area (Å²) in [7, 11) is 0. The van der Waals surface area contributed by atoms with E-state index >= 15 is 0 Å². The highest BCUT2D eigenvalue weighted by molar-refractivity contribution is 9.10. The zero-order valence-corrected chi connectivity index (χ0v) is 13.0. The van der Waals surface area contributed by atoms with Crippen molar-refractivity contribution in [3.8, 4) is 0 Å². The second-order valence-corrected chi connectivity index (χ2v) is 5.82. The van der Waals surface area contributed by atoms with E-state index < -0.39 is 0 Å². The van der Waals surface area contributed by atoms with Crippen molar-refractivity contribution in [2.75, 3.05) is 5.32 Å². The largest absolute Gasteiger partial charge is 0.381 e. The first kappa shape index (κ1) is 13.3. The van der Waals surface area contributed by atoms with Crippen molar-refractivity contribution in [3.63, 3.8) is 0 Å². The topological polar surface area (TPSA) is 27.8 Å². The minimum Gasteiger partial charge on any atom is -0.381 e. The normalized spacial score (nSPS) is 10.9. The van der Waals surface area contributed by atoms with Gasteiger partial charge >= 0.3 is 0 Å². The summed E-state index contributed by atoms with van der Waals surface area (Å²) in [5, 5.41) is 4.79. The molecule has 3 rings (SSSR count). The molecule has 0 radical (unpaired) electrons. The summed E-state index contributed by atoms with van der Waals surface area (Å²) in [4.78, 5) is 3.22. The van der Waals surface area contributed by atoms with Gasteiger partial charge in [0, 0.05) is 28.4 Å². The van der Waals surface area contributed by atoms with E-state index in [1.807, 2.05) is 6.20 Å². The van der Waals surface area contributed by atoms with Crippen LogP contribution in [0.15, 0.2) is 53.1 Å². The number of aromatic nitrogens is 1. The Morgan fingerprint density at radius 1 is 1.10 bits per heavy atom. The van der Waals surface area contributed by atoms with Crippen LogP contribution >= 0.6 is 15.9 Å². The molecule has 2 N–H and O–H groups in total. The van der Waals surface area contributed by atoms with E-state index in [1.54, 1.807) is 0 Å². The third kappa shape index (κ3) is 2.73. The second kappa shape index (κ2) is 5.71. The molecular formula is C17H17BrN2. The van der Waals surface area contributed by atoms with Gasteiger partial charge in [-0.25, -0.2) is 0 Å². The molecule has 0 atom stereocenters. The van der Waals surface area contributed by atoms with Crippen molar-refractivity contribution in [3.05, 3.63) is 64.3 Å². The predicted octanol–water partition coefficient (Wildman–Crippen LogP) is 5.10. The molecule has 1 aromatic heterocycles. The van der Waals surface area contributed by atoms with Gasteiger partial charge in [-0.1, -0.05) is 28.9 Å². The number of benzene rings is 2. The number of fused-ring (bicyclic) bond motifs is 1. The maximum absolute atomic E-state index is 3.53. The summed E-state index contributed by atoms with van der Waals surface area (Å²) in [5.74, 6) is 0. The van der Waals surface area contributed by atoms with Crippen molar-refractivity contribution < 1.29 is 0 Å². The number of H-pyrrole nitrogens is 1. The lowest BCUT2D eigenvalue weighted by molar-refractivity contribution is 1.09. The van der Waals surface area contributed by atoms with E-state index in [0.29, 0.717) is 0 Å². The summed E-state index contributed by atoms with van der Waals surface area (Å²) >= 11 is 3.52. The number of aromatic amines is 1. The van der Waals surface area contributed by atoms with E-state index in [9.17, 15) is 0 Å². The minimum absolute atomic E-state index is 0.843. The Labute approximate surface area is 127 Å². The fourth-order valence-electron chi connectivity index (χ4n) is 2.44. The average Bonchev–Trinajstić information content (AvgIpc) is 2.93. The van der Waals surface area contributed by atoms with Crippen LogP contribution in [-0.2, 0) is 13.0 Å². The zero-order valence-electron chi connectivity index (χ0n) is 11.4. The molecule has 0 aliphatic heterocycles.